The Morgan fingerprint density at radius 2 is 1.93 bits per heavy atom. The first-order valence-corrected chi connectivity index (χ1v) is 16.7. The number of anilines is 1. The van der Waals surface area contributed by atoms with Crippen molar-refractivity contribution in [3.05, 3.63) is 69.1 Å². The smallest absolute Gasteiger partial charge is 0.154 e. The van der Waals surface area contributed by atoms with E-state index in [0.29, 0.717) is 58.0 Å². The second-order valence-corrected chi connectivity index (χ2v) is 14.5. The van der Waals surface area contributed by atoms with Crippen molar-refractivity contribution in [2.75, 3.05) is 23.5 Å². The van der Waals surface area contributed by atoms with Gasteiger partial charge >= 0.3 is 0 Å². The first-order valence-electron chi connectivity index (χ1n) is 13.9. The van der Waals surface area contributed by atoms with Crippen molar-refractivity contribution >= 4 is 44.5 Å². The third kappa shape index (κ3) is 6.19. The van der Waals surface area contributed by atoms with Crippen molar-refractivity contribution < 1.29 is 26.9 Å². The number of carbonyl (C=O) groups is 1. The van der Waals surface area contributed by atoms with Crippen LogP contribution in [-0.2, 0) is 32.4 Å². The van der Waals surface area contributed by atoms with Crippen LogP contribution in [0.15, 0.2) is 40.9 Å². The molecule has 41 heavy (non-hydrogen) atoms. The molecule has 2 aliphatic carbocycles. The van der Waals surface area contributed by atoms with Gasteiger partial charge in [0.05, 0.1) is 28.4 Å². The molecule has 0 radical (unpaired) electrons. The van der Waals surface area contributed by atoms with Gasteiger partial charge in [0, 0.05) is 48.2 Å². The molecule has 3 atom stereocenters. The maximum atomic E-state index is 15.2. The minimum Gasteiger partial charge on any atom is -0.373 e. The lowest BCUT2D eigenvalue weighted by Gasteiger charge is -2.33. The van der Waals surface area contributed by atoms with Crippen LogP contribution in [0.2, 0.25) is 10.0 Å². The number of piperidine rings is 1. The van der Waals surface area contributed by atoms with Gasteiger partial charge in [-0.25, -0.2) is 12.8 Å². The SMILES string of the molecule is CS(=O)(=O)CC(=O)CCc1ccc(N2C[C@@H]3C[C@H]2C[C@H]3OCc2c(-c3c(Cl)cccc3Cl)noc2C2CC2)c(F)c1. The Bertz CT molecular complexity index is 1570. The fraction of sp³-hybridized carbons (Fsp3) is 0.467. The molecule has 2 aromatic carbocycles. The number of aryl methyl sites for hydroxylation is 1. The third-order valence-electron chi connectivity index (χ3n) is 8.32. The summed E-state index contributed by atoms with van der Waals surface area (Å²) in [5, 5.41) is 5.38. The number of carbonyl (C=O) groups excluding carboxylic acids is 1. The van der Waals surface area contributed by atoms with E-state index in [1.54, 1.807) is 24.3 Å². The van der Waals surface area contributed by atoms with Gasteiger partial charge in [0.1, 0.15) is 28.8 Å². The summed E-state index contributed by atoms with van der Waals surface area (Å²) < 4.78 is 50.0. The number of hydrogen-bond donors (Lipinski definition) is 0. The number of sulfone groups is 1. The van der Waals surface area contributed by atoms with Gasteiger partial charge in [-0.05, 0) is 61.9 Å². The molecule has 1 aliphatic heterocycles. The van der Waals surface area contributed by atoms with Crippen LogP contribution in [0.3, 0.4) is 0 Å². The monoisotopic (exact) mass is 620 g/mol. The van der Waals surface area contributed by atoms with Gasteiger partial charge in [-0.1, -0.05) is 40.5 Å². The molecule has 11 heteroatoms. The second kappa shape index (κ2) is 11.3. The highest BCUT2D eigenvalue weighted by Gasteiger charge is 2.46. The van der Waals surface area contributed by atoms with E-state index in [0.717, 1.165) is 43.3 Å². The maximum Gasteiger partial charge on any atom is 0.154 e. The van der Waals surface area contributed by atoms with E-state index >= 15 is 4.39 Å². The molecule has 0 N–H and O–H groups in total. The summed E-state index contributed by atoms with van der Waals surface area (Å²) in [6.07, 6.45) is 5.28. The number of Topliss-reactive ketones (excluding diaryl/α,β-unsaturated/α-hetero) is 1. The Balaban J connectivity index is 1.10. The highest BCUT2D eigenvalue weighted by Crippen LogP contribution is 2.47. The highest BCUT2D eigenvalue weighted by molar-refractivity contribution is 7.91. The van der Waals surface area contributed by atoms with Crippen molar-refractivity contribution in [1.82, 2.24) is 5.16 Å². The fourth-order valence-corrected chi connectivity index (χ4v) is 7.54. The van der Waals surface area contributed by atoms with E-state index in [-0.39, 0.29) is 36.1 Å². The predicted molar refractivity (Wildman–Crippen MR) is 156 cm³/mol. The number of nitrogens with zero attached hydrogens (tertiary/aromatic N) is 2. The Hall–Kier alpha value is -2.46. The van der Waals surface area contributed by atoms with Crippen LogP contribution in [-0.4, -0.2) is 50.1 Å². The number of aromatic nitrogens is 1. The minimum atomic E-state index is -3.36. The number of fused-ring (bicyclic) bond motifs is 2. The predicted octanol–water partition coefficient (Wildman–Crippen LogP) is 6.40. The van der Waals surface area contributed by atoms with Crippen LogP contribution >= 0.6 is 23.2 Å². The van der Waals surface area contributed by atoms with Crippen molar-refractivity contribution in [2.24, 2.45) is 5.92 Å². The van der Waals surface area contributed by atoms with E-state index in [1.807, 2.05) is 6.07 Å². The third-order valence-corrected chi connectivity index (χ3v) is 9.80. The van der Waals surface area contributed by atoms with Gasteiger partial charge in [-0.15, -0.1) is 0 Å². The average Bonchev–Trinajstić information content (AvgIpc) is 3.36. The average molecular weight is 622 g/mol. The zero-order chi connectivity index (χ0) is 28.9. The standard InChI is InChI=1S/C30H31Cl2FN2O5S/c1-41(37,38)16-21(36)9-5-17-6-10-26(25(33)11-17)35-14-19-12-20(35)13-27(19)39-15-22-29(34-40-30(22)18-7-8-18)28-23(31)3-2-4-24(28)32/h2-4,6,10-11,18-20,27H,5,7-9,12-16H2,1H3/t19-,20-,27+/m0/s1. The summed E-state index contributed by atoms with van der Waals surface area (Å²) in [5.41, 5.74) is 3.41. The van der Waals surface area contributed by atoms with E-state index in [1.165, 1.54) is 6.07 Å². The van der Waals surface area contributed by atoms with Crippen LogP contribution in [0.4, 0.5) is 10.1 Å². The topological polar surface area (TPSA) is 89.7 Å². The molecule has 218 valence electrons. The second-order valence-electron chi connectivity index (χ2n) is 11.5. The van der Waals surface area contributed by atoms with Crippen LogP contribution < -0.4 is 4.90 Å². The molecular weight excluding hydrogens is 590 g/mol. The number of ketones is 1. The zero-order valence-electron chi connectivity index (χ0n) is 22.6. The number of hydrogen-bond acceptors (Lipinski definition) is 7. The van der Waals surface area contributed by atoms with E-state index in [2.05, 4.69) is 10.1 Å². The zero-order valence-corrected chi connectivity index (χ0v) is 24.9. The quantitative estimate of drug-likeness (QED) is 0.245. The molecule has 6 rings (SSSR count). The summed E-state index contributed by atoms with van der Waals surface area (Å²) in [5.74, 6) is 0.280. The Kier molecular flexibility index (Phi) is 7.91. The van der Waals surface area contributed by atoms with E-state index in [9.17, 15) is 13.2 Å². The molecular formula is C30H31Cl2FN2O5S. The van der Waals surface area contributed by atoms with Crippen molar-refractivity contribution in [3.63, 3.8) is 0 Å². The fourth-order valence-electron chi connectivity index (χ4n) is 6.23. The Morgan fingerprint density at radius 3 is 2.56 bits per heavy atom. The molecule has 0 amide bonds. The molecule has 2 bridgehead atoms. The van der Waals surface area contributed by atoms with Gasteiger partial charge in [-0.3, -0.25) is 4.79 Å². The molecule has 3 aliphatic rings. The normalized spacial score (nSPS) is 22.0. The van der Waals surface area contributed by atoms with Gasteiger partial charge in [0.25, 0.3) is 0 Å². The number of ether oxygens (including phenoxy) is 1. The minimum absolute atomic E-state index is 0.0379. The summed E-state index contributed by atoms with van der Waals surface area (Å²) in [6.45, 7) is 1.04. The van der Waals surface area contributed by atoms with Crippen LogP contribution in [0.5, 0.6) is 0 Å². The number of benzene rings is 2. The van der Waals surface area contributed by atoms with Crippen LogP contribution in [0.1, 0.15) is 54.9 Å². The molecule has 0 spiro atoms. The highest BCUT2D eigenvalue weighted by atomic mass is 35.5. The summed E-state index contributed by atoms with van der Waals surface area (Å²) in [6, 6.07) is 10.6. The first-order chi connectivity index (χ1) is 19.6. The molecule has 3 fully saturated rings. The molecule has 2 saturated carbocycles. The van der Waals surface area contributed by atoms with Crippen molar-refractivity contribution in [1.29, 1.82) is 0 Å². The largest absolute Gasteiger partial charge is 0.373 e. The molecule has 7 nitrogen and oxygen atoms in total. The summed E-state index contributed by atoms with van der Waals surface area (Å²) >= 11 is 13.0. The maximum absolute atomic E-state index is 15.2. The lowest BCUT2D eigenvalue weighted by molar-refractivity contribution is -0.116. The van der Waals surface area contributed by atoms with Crippen LogP contribution in [0, 0.1) is 11.7 Å². The molecule has 2 heterocycles. The lowest BCUT2D eigenvalue weighted by atomic mass is 10.0. The van der Waals surface area contributed by atoms with E-state index < -0.39 is 15.6 Å². The van der Waals surface area contributed by atoms with Crippen molar-refractivity contribution in [2.45, 2.75) is 63.2 Å². The summed E-state index contributed by atoms with van der Waals surface area (Å²) in [7, 11) is -3.36. The van der Waals surface area contributed by atoms with Gasteiger partial charge in [0.15, 0.2) is 9.84 Å². The van der Waals surface area contributed by atoms with Gasteiger partial charge < -0.3 is 14.2 Å². The molecule has 1 aromatic heterocycles. The molecule has 3 aromatic rings. The molecule has 1 saturated heterocycles. The lowest BCUT2D eigenvalue weighted by Crippen LogP contribution is -2.39. The number of halogens is 3. The van der Waals surface area contributed by atoms with E-state index in [4.69, 9.17) is 32.5 Å². The van der Waals surface area contributed by atoms with Crippen LogP contribution in [0.25, 0.3) is 11.3 Å². The first kappa shape index (κ1) is 28.6. The van der Waals surface area contributed by atoms with Gasteiger partial charge in [-0.2, -0.15) is 0 Å². The molecule has 0 unspecified atom stereocenters. The van der Waals surface area contributed by atoms with Crippen molar-refractivity contribution in [3.8, 4) is 11.3 Å². The number of rotatable bonds is 11. The van der Waals surface area contributed by atoms with Gasteiger partial charge in [0.2, 0.25) is 0 Å². The summed E-state index contributed by atoms with van der Waals surface area (Å²) in [4.78, 5) is 14.0. The Morgan fingerprint density at radius 1 is 1.17 bits per heavy atom. The Labute approximate surface area is 248 Å².